The Labute approximate surface area is 79.6 Å². The molecule has 0 saturated carbocycles. The van der Waals surface area contributed by atoms with Crippen molar-refractivity contribution in [1.82, 2.24) is 4.57 Å². The van der Waals surface area contributed by atoms with Crippen LogP contribution in [0.5, 0.6) is 0 Å². The van der Waals surface area contributed by atoms with E-state index in [4.69, 9.17) is 0 Å². The molecule has 1 aromatic heterocycles. The first-order valence-electron chi connectivity index (χ1n) is 3.83. The number of aldehydes is 1. The van der Waals surface area contributed by atoms with Gasteiger partial charge < -0.3 is 0 Å². The summed E-state index contributed by atoms with van der Waals surface area (Å²) in [5.41, 5.74) is 0.714. The van der Waals surface area contributed by atoms with Crippen molar-refractivity contribution in [3.63, 3.8) is 0 Å². The molecule has 0 spiro atoms. The molecule has 0 saturated heterocycles. The van der Waals surface area contributed by atoms with Gasteiger partial charge in [-0.15, -0.1) is 0 Å². The molecule has 0 aliphatic carbocycles. The van der Waals surface area contributed by atoms with E-state index >= 15 is 0 Å². The average Bonchev–Trinajstić information content (AvgIpc) is 2.04. The van der Waals surface area contributed by atoms with Crippen LogP contribution < -0.4 is 0 Å². The van der Waals surface area contributed by atoms with Gasteiger partial charge in [0.15, 0.2) is 0 Å². The zero-order valence-corrected chi connectivity index (χ0v) is 8.86. The van der Waals surface area contributed by atoms with Gasteiger partial charge in [0.25, 0.3) is 0 Å². The third-order valence-corrected chi connectivity index (χ3v) is 2.62. The van der Waals surface area contributed by atoms with Gasteiger partial charge in [0.05, 0.1) is 0 Å². The Hall–Kier alpha value is -0.661. The van der Waals surface area contributed by atoms with E-state index in [0.29, 0.717) is 11.6 Å². The van der Waals surface area contributed by atoms with Crippen molar-refractivity contribution in [2.75, 3.05) is 0 Å². The number of hydrogen-bond donors (Lipinski definition) is 0. The SMILES string of the molecule is CC(C)n1cccc(C=O)c1=[Se]. The predicted octanol–water partition coefficient (Wildman–Crippen LogP) is 1.58. The fourth-order valence-electron chi connectivity index (χ4n) is 1.02. The second-order valence-corrected chi connectivity index (χ2v) is 3.70. The fourth-order valence-corrected chi connectivity index (χ4v) is 1.84. The van der Waals surface area contributed by atoms with Crippen LogP contribution in [0.3, 0.4) is 0 Å². The molecular formula is C9H11NOSe. The molecule has 0 N–H and O–H groups in total. The van der Waals surface area contributed by atoms with Crippen LogP contribution in [0.1, 0.15) is 30.2 Å². The Morgan fingerprint density at radius 2 is 2.25 bits per heavy atom. The van der Waals surface area contributed by atoms with Crippen LogP contribution in [0, 0.1) is 4.19 Å². The van der Waals surface area contributed by atoms with Crippen molar-refractivity contribution in [2.45, 2.75) is 19.9 Å². The normalized spacial score (nSPS) is 10.2. The van der Waals surface area contributed by atoms with Gasteiger partial charge >= 0.3 is 79.2 Å². The van der Waals surface area contributed by atoms with Crippen LogP contribution in [-0.2, 0) is 0 Å². The minimum absolute atomic E-state index is 0.376. The number of aromatic nitrogens is 1. The molecule has 2 nitrogen and oxygen atoms in total. The van der Waals surface area contributed by atoms with Crippen LogP contribution in [0.25, 0.3) is 0 Å². The summed E-state index contributed by atoms with van der Waals surface area (Å²) in [7, 11) is 0. The number of hydrogen-bond acceptors (Lipinski definition) is 1. The van der Waals surface area contributed by atoms with Crippen LogP contribution in [-0.4, -0.2) is 26.4 Å². The first-order valence-corrected chi connectivity index (χ1v) is 4.69. The van der Waals surface area contributed by atoms with E-state index < -0.39 is 0 Å². The summed E-state index contributed by atoms with van der Waals surface area (Å²) in [4.78, 5) is 10.6. The number of carbonyl (C=O) groups is 1. The Morgan fingerprint density at radius 1 is 1.58 bits per heavy atom. The molecular weight excluding hydrogens is 217 g/mol. The zero-order chi connectivity index (χ0) is 9.14. The van der Waals surface area contributed by atoms with Crippen LogP contribution >= 0.6 is 0 Å². The molecule has 12 heavy (non-hydrogen) atoms. The number of carbonyl (C=O) groups excluding carboxylic acids is 1. The van der Waals surface area contributed by atoms with Gasteiger partial charge in [-0.2, -0.15) is 0 Å². The van der Waals surface area contributed by atoms with Gasteiger partial charge in [0, 0.05) is 0 Å². The Balaban J connectivity index is 3.33. The molecule has 1 rings (SSSR count). The van der Waals surface area contributed by atoms with Crippen LogP contribution in [0.15, 0.2) is 18.3 Å². The van der Waals surface area contributed by atoms with E-state index in [2.05, 4.69) is 29.4 Å². The molecule has 64 valence electrons. The van der Waals surface area contributed by atoms with Crippen LogP contribution in [0.2, 0.25) is 0 Å². The standard InChI is InChI=1S/C9H11NOSe/c1-7(2)10-5-3-4-8(6-11)9(10)12/h3-7H,1-2H3. The summed E-state index contributed by atoms with van der Waals surface area (Å²) in [6.45, 7) is 4.16. The molecule has 0 aromatic carbocycles. The van der Waals surface area contributed by atoms with E-state index in [0.717, 1.165) is 10.5 Å². The van der Waals surface area contributed by atoms with Crippen LogP contribution in [0.4, 0.5) is 0 Å². The third kappa shape index (κ3) is 1.74. The monoisotopic (exact) mass is 229 g/mol. The summed E-state index contributed by atoms with van der Waals surface area (Å²) in [6.07, 6.45) is 2.83. The second-order valence-electron chi connectivity index (χ2n) is 2.89. The minimum atomic E-state index is 0.376. The Bertz CT molecular complexity index is 341. The quantitative estimate of drug-likeness (QED) is 0.556. The molecule has 0 bridgehead atoms. The van der Waals surface area contributed by atoms with E-state index in [9.17, 15) is 4.79 Å². The van der Waals surface area contributed by atoms with Gasteiger partial charge in [-0.05, 0) is 0 Å². The Morgan fingerprint density at radius 3 is 2.75 bits per heavy atom. The fraction of sp³-hybridized carbons (Fsp3) is 0.333. The van der Waals surface area contributed by atoms with Crippen molar-refractivity contribution in [1.29, 1.82) is 0 Å². The maximum absolute atomic E-state index is 10.6. The first kappa shape index (κ1) is 9.43. The molecule has 0 amide bonds. The first-order chi connectivity index (χ1) is 5.66. The van der Waals surface area contributed by atoms with Crippen molar-refractivity contribution in [3.05, 3.63) is 28.1 Å². The average molecular weight is 228 g/mol. The zero-order valence-electron chi connectivity index (χ0n) is 7.15. The topological polar surface area (TPSA) is 22.0 Å². The molecule has 0 fully saturated rings. The maximum atomic E-state index is 10.6. The van der Waals surface area contributed by atoms with Crippen molar-refractivity contribution in [3.8, 4) is 0 Å². The number of nitrogens with zero attached hydrogens (tertiary/aromatic N) is 1. The molecule has 0 aliphatic rings. The summed E-state index contributed by atoms with van der Waals surface area (Å²) in [5, 5.41) is 0. The van der Waals surface area contributed by atoms with E-state index in [1.807, 2.05) is 16.8 Å². The van der Waals surface area contributed by atoms with Crippen molar-refractivity contribution in [2.24, 2.45) is 0 Å². The predicted molar refractivity (Wildman–Crippen MR) is 49.2 cm³/mol. The molecule has 0 radical (unpaired) electrons. The van der Waals surface area contributed by atoms with E-state index in [1.165, 1.54) is 0 Å². The molecule has 1 heterocycles. The molecule has 0 atom stereocenters. The number of pyridine rings is 1. The van der Waals surface area contributed by atoms with Gasteiger partial charge in [-0.1, -0.05) is 0 Å². The van der Waals surface area contributed by atoms with Gasteiger partial charge in [-0.25, -0.2) is 0 Å². The van der Waals surface area contributed by atoms with Gasteiger partial charge in [-0.3, -0.25) is 0 Å². The Kier molecular flexibility index (Phi) is 3.01. The molecule has 0 aliphatic heterocycles. The molecule has 1 aromatic rings. The summed E-state index contributed by atoms with van der Waals surface area (Å²) >= 11 is 2.90. The summed E-state index contributed by atoms with van der Waals surface area (Å²) in [6, 6.07) is 4.06. The van der Waals surface area contributed by atoms with Crippen molar-refractivity contribution < 1.29 is 4.79 Å². The summed E-state index contributed by atoms with van der Waals surface area (Å²) < 4.78 is 2.94. The second kappa shape index (κ2) is 3.83. The number of rotatable bonds is 2. The van der Waals surface area contributed by atoms with E-state index in [1.54, 1.807) is 6.07 Å². The van der Waals surface area contributed by atoms with Gasteiger partial charge in [0.2, 0.25) is 0 Å². The molecule has 3 heteroatoms. The molecule has 0 unspecified atom stereocenters. The van der Waals surface area contributed by atoms with Gasteiger partial charge in [0.1, 0.15) is 0 Å². The summed E-state index contributed by atoms with van der Waals surface area (Å²) in [5.74, 6) is 0. The van der Waals surface area contributed by atoms with E-state index in [-0.39, 0.29) is 0 Å². The van der Waals surface area contributed by atoms with Crippen molar-refractivity contribution >= 4 is 21.9 Å². The third-order valence-electron chi connectivity index (χ3n) is 1.69.